The third kappa shape index (κ3) is 6.73. The maximum atomic E-state index is 12.7. The fraction of sp³-hybridized carbons (Fsp3) is 0.375. The molecule has 156 valence electrons. The lowest BCUT2D eigenvalue weighted by molar-refractivity contribution is -0.142. The molecule has 2 aromatic rings. The summed E-state index contributed by atoms with van der Waals surface area (Å²) in [4.78, 5) is 60.2. The first-order valence-corrected chi connectivity index (χ1v) is 8.51. The lowest BCUT2D eigenvalue weighted by atomic mass is 10.1. The molecular formula is C16H21N7O6. The zero-order valence-electron chi connectivity index (χ0n) is 15.2. The Kier molecular flexibility index (Phi) is 7.42. The van der Waals surface area contributed by atoms with E-state index >= 15 is 0 Å². The number of H-pyrrole nitrogens is 2. The predicted octanol–water partition coefficient (Wildman–Crippen LogP) is -2.23. The lowest BCUT2D eigenvalue weighted by Crippen LogP contribution is -2.55. The first kappa shape index (κ1) is 21.6. The number of carbonyl (C=O) groups is 4. The number of carboxylic acid groups (broad SMARTS) is 2. The number of nitrogens with one attached hydrogen (secondary N) is 4. The first-order chi connectivity index (χ1) is 13.8. The minimum absolute atomic E-state index is 0.0340. The summed E-state index contributed by atoms with van der Waals surface area (Å²) in [5, 5.41) is 22.9. The van der Waals surface area contributed by atoms with Gasteiger partial charge in [0.25, 0.3) is 0 Å². The number of hydrogen-bond donors (Lipinski definition) is 7. The van der Waals surface area contributed by atoms with Gasteiger partial charge in [0.1, 0.15) is 12.1 Å². The van der Waals surface area contributed by atoms with E-state index in [4.69, 9.17) is 10.8 Å². The van der Waals surface area contributed by atoms with E-state index in [9.17, 15) is 24.3 Å². The van der Waals surface area contributed by atoms with Gasteiger partial charge in [-0.25, -0.2) is 14.8 Å². The van der Waals surface area contributed by atoms with E-state index in [1.807, 2.05) is 0 Å². The van der Waals surface area contributed by atoms with Crippen molar-refractivity contribution >= 4 is 23.8 Å². The predicted molar refractivity (Wildman–Crippen MR) is 96.3 cm³/mol. The normalized spacial score (nSPS) is 13.8. The summed E-state index contributed by atoms with van der Waals surface area (Å²) in [7, 11) is 0. The number of nitrogens with two attached hydrogens (primary N) is 1. The summed E-state index contributed by atoms with van der Waals surface area (Å²) >= 11 is 0. The molecule has 0 aliphatic carbocycles. The van der Waals surface area contributed by atoms with Gasteiger partial charge in [-0.2, -0.15) is 0 Å². The summed E-state index contributed by atoms with van der Waals surface area (Å²) < 4.78 is 0. The van der Waals surface area contributed by atoms with Gasteiger partial charge in [0, 0.05) is 36.6 Å². The first-order valence-electron chi connectivity index (χ1n) is 8.51. The highest BCUT2D eigenvalue weighted by atomic mass is 16.4. The Hall–Kier alpha value is -3.74. The number of carbonyl (C=O) groups excluding carboxylic acids is 2. The number of nitrogens with zero attached hydrogens (tertiary/aromatic N) is 2. The molecule has 0 fully saturated rings. The molecule has 13 heteroatoms. The Balaban J connectivity index is 2.10. The molecule has 3 atom stereocenters. The van der Waals surface area contributed by atoms with Crippen LogP contribution in [0.25, 0.3) is 0 Å². The molecule has 0 bridgehead atoms. The van der Waals surface area contributed by atoms with E-state index < -0.39 is 48.3 Å². The van der Waals surface area contributed by atoms with Crippen LogP contribution in [0.2, 0.25) is 0 Å². The van der Waals surface area contributed by atoms with Crippen molar-refractivity contribution in [2.45, 2.75) is 37.4 Å². The molecule has 29 heavy (non-hydrogen) atoms. The van der Waals surface area contributed by atoms with Gasteiger partial charge in [-0.05, 0) is 0 Å². The zero-order chi connectivity index (χ0) is 21.4. The van der Waals surface area contributed by atoms with Crippen molar-refractivity contribution in [1.82, 2.24) is 30.6 Å². The van der Waals surface area contributed by atoms with Gasteiger partial charge in [-0.3, -0.25) is 14.4 Å². The lowest BCUT2D eigenvalue weighted by Gasteiger charge is -2.22. The molecule has 2 rings (SSSR count). The van der Waals surface area contributed by atoms with Crippen molar-refractivity contribution in [3.05, 3.63) is 36.4 Å². The highest BCUT2D eigenvalue weighted by Gasteiger charge is 2.29. The second-order valence-electron chi connectivity index (χ2n) is 6.23. The Morgan fingerprint density at radius 3 is 1.90 bits per heavy atom. The molecular weight excluding hydrogens is 386 g/mol. The number of aromatic amines is 2. The van der Waals surface area contributed by atoms with Crippen LogP contribution in [0.15, 0.2) is 25.0 Å². The van der Waals surface area contributed by atoms with Gasteiger partial charge in [0.2, 0.25) is 11.8 Å². The van der Waals surface area contributed by atoms with Crippen molar-refractivity contribution in [2.75, 3.05) is 0 Å². The van der Waals surface area contributed by atoms with Gasteiger partial charge in [-0.15, -0.1) is 0 Å². The van der Waals surface area contributed by atoms with Crippen molar-refractivity contribution in [3.8, 4) is 0 Å². The average molecular weight is 407 g/mol. The van der Waals surface area contributed by atoms with Crippen molar-refractivity contribution < 1.29 is 29.4 Å². The molecule has 0 aliphatic heterocycles. The van der Waals surface area contributed by atoms with Crippen LogP contribution in [-0.4, -0.2) is 72.0 Å². The number of aromatic nitrogens is 4. The molecule has 13 nitrogen and oxygen atoms in total. The minimum Gasteiger partial charge on any atom is -0.481 e. The average Bonchev–Trinajstić information content (AvgIpc) is 3.33. The smallest absolute Gasteiger partial charge is 0.326 e. The van der Waals surface area contributed by atoms with Crippen molar-refractivity contribution in [2.24, 2.45) is 5.73 Å². The fourth-order valence-electron chi connectivity index (χ4n) is 2.47. The molecule has 0 radical (unpaired) electrons. The molecule has 0 aliphatic rings. The van der Waals surface area contributed by atoms with Crippen LogP contribution in [0, 0.1) is 0 Å². The van der Waals surface area contributed by atoms with E-state index in [0.717, 1.165) is 0 Å². The summed E-state index contributed by atoms with van der Waals surface area (Å²) in [5.41, 5.74) is 6.52. The summed E-state index contributed by atoms with van der Waals surface area (Å²) in [5.74, 6) is -4.18. The van der Waals surface area contributed by atoms with Gasteiger partial charge in [0.05, 0.1) is 25.1 Å². The Bertz CT molecular complexity index is 836. The quantitative estimate of drug-likeness (QED) is 0.214. The molecule has 0 saturated carbocycles. The monoisotopic (exact) mass is 407 g/mol. The third-order valence-corrected chi connectivity index (χ3v) is 3.94. The SMILES string of the molecule is NC(CC(=O)O)C(=O)NC(Cc1cnc[nH]1)C(=O)NC(Cc1cnc[nH]1)C(=O)O. The number of carboxylic acids is 2. The fourth-order valence-corrected chi connectivity index (χ4v) is 2.47. The van der Waals surface area contributed by atoms with Crippen LogP contribution >= 0.6 is 0 Å². The maximum absolute atomic E-state index is 12.7. The number of hydrogen-bond acceptors (Lipinski definition) is 7. The third-order valence-electron chi connectivity index (χ3n) is 3.94. The van der Waals surface area contributed by atoms with E-state index in [-0.39, 0.29) is 12.8 Å². The van der Waals surface area contributed by atoms with Crippen molar-refractivity contribution in [1.29, 1.82) is 0 Å². The Morgan fingerprint density at radius 1 is 0.931 bits per heavy atom. The molecule has 0 saturated heterocycles. The molecule has 8 N–H and O–H groups in total. The molecule has 2 heterocycles. The Labute approximate surface area is 164 Å². The highest BCUT2D eigenvalue weighted by Crippen LogP contribution is 2.04. The van der Waals surface area contributed by atoms with Crippen LogP contribution < -0.4 is 16.4 Å². The van der Waals surface area contributed by atoms with Crippen LogP contribution in [0.4, 0.5) is 0 Å². The van der Waals surface area contributed by atoms with E-state index in [2.05, 4.69) is 30.6 Å². The minimum atomic E-state index is -1.37. The van der Waals surface area contributed by atoms with Crippen LogP contribution in [-0.2, 0) is 32.0 Å². The molecule has 2 amide bonds. The molecule has 0 aromatic carbocycles. The summed E-state index contributed by atoms with van der Waals surface area (Å²) in [6.07, 6.45) is 4.90. The number of rotatable bonds is 11. The molecule has 0 spiro atoms. The maximum Gasteiger partial charge on any atom is 0.326 e. The van der Waals surface area contributed by atoms with Gasteiger partial charge < -0.3 is 36.5 Å². The van der Waals surface area contributed by atoms with E-state index in [1.165, 1.54) is 25.0 Å². The van der Waals surface area contributed by atoms with E-state index in [1.54, 1.807) is 0 Å². The van der Waals surface area contributed by atoms with Gasteiger partial charge >= 0.3 is 11.9 Å². The second kappa shape index (κ2) is 9.98. The van der Waals surface area contributed by atoms with Gasteiger partial charge in [0.15, 0.2) is 0 Å². The van der Waals surface area contributed by atoms with Crippen LogP contribution in [0.3, 0.4) is 0 Å². The summed E-state index contributed by atoms with van der Waals surface area (Å²) in [6.45, 7) is 0. The highest BCUT2D eigenvalue weighted by molar-refractivity contribution is 5.93. The zero-order valence-corrected chi connectivity index (χ0v) is 15.2. The van der Waals surface area contributed by atoms with Crippen LogP contribution in [0.5, 0.6) is 0 Å². The second-order valence-corrected chi connectivity index (χ2v) is 6.23. The Morgan fingerprint density at radius 2 is 1.45 bits per heavy atom. The number of aliphatic carboxylic acids is 2. The molecule has 2 aromatic heterocycles. The van der Waals surface area contributed by atoms with E-state index in [0.29, 0.717) is 11.4 Å². The van der Waals surface area contributed by atoms with Crippen molar-refractivity contribution in [3.63, 3.8) is 0 Å². The van der Waals surface area contributed by atoms with Crippen LogP contribution in [0.1, 0.15) is 17.8 Å². The topological polar surface area (TPSA) is 216 Å². The number of imidazole rings is 2. The number of amides is 2. The standard InChI is InChI=1S/C16H21N7O6/c17-10(3-13(24)25)14(26)22-11(1-8-4-18-6-20-8)15(27)23-12(16(28)29)2-9-5-19-7-21-9/h4-7,10-12H,1-3,17H2,(H,18,20)(H,19,21)(H,22,26)(H,23,27)(H,24,25)(H,28,29). The van der Waals surface area contributed by atoms with Gasteiger partial charge in [-0.1, -0.05) is 0 Å². The molecule has 3 unspecified atom stereocenters. The summed E-state index contributed by atoms with van der Waals surface area (Å²) in [6, 6.07) is -3.85. The largest absolute Gasteiger partial charge is 0.481 e.